The smallest absolute Gasteiger partial charge is 0.0361 e. The molecular formula is C38H36N2. The third-order valence-corrected chi connectivity index (χ3v) is 8.19. The van der Waals surface area contributed by atoms with Crippen molar-refractivity contribution in [1.82, 2.24) is 0 Å². The van der Waals surface area contributed by atoms with Crippen LogP contribution in [0.15, 0.2) is 133 Å². The number of hydrogen-bond acceptors (Lipinski definition) is 2. The second-order valence-corrected chi connectivity index (χ2v) is 11.1. The lowest BCUT2D eigenvalue weighted by atomic mass is 9.72. The zero-order valence-electron chi connectivity index (χ0n) is 23.8. The fourth-order valence-corrected chi connectivity index (χ4v) is 6.08. The average Bonchev–Trinajstić information content (AvgIpc) is 3.35. The van der Waals surface area contributed by atoms with E-state index < -0.39 is 0 Å². The zero-order chi connectivity index (χ0) is 27.6. The van der Waals surface area contributed by atoms with E-state index in [1.165, 1.54) is 55.9 Å². The molecule has 0 aromatic heterocycles. The van der Waals surface area contributed by atoms with E-state index in [4.69, 9.17) is 0 Å². The summed E-state index contributed by atoms with van der Waals surface area (Å²) in [6.07, 6.45) is 0. The molecule has 0 N–H and O–H groups in total. The molecule has 0 saturated heterocycles. The molecule has 40 heavy (non-hydrogen) atoms. The van der Waals surface area contributed by atoms with Gasteiger partial charge in [-0.05, 0) is 68.8 Å². The lowest BCUT2D eigenvalue weighted by molar-refractivity contribution is 0.700. The molecule has 2 atom stereocenters. The van der Waals surface area contributed by atoms with Gasteiger partial charge in [0.2, 0.25) is 0 Å². The molecule has 2 aromatic carbocycles. The third-order valence-electron chi connectivity index (χ3n) is 8.19. The largest absolute Gasteiger partial charge is 0.378 e. The van der Waals surface area contributed by atoms with Crippen LogP contribution in [0.4, 0.5) is 11.4 Å². The molecule has 0 spiro atoms. The van der Waals surface area contributed by atoms with Gasteiger partial charge in [-0.15, -0.1) is 0 Å². The number of nitrogens with zero attached hydrogens (tertiary/aromatic N) is 2. The van der Waals surface area contributed by atoms with Crippen molar-refractivity contribution in [2.75, 3.05) is 38.0 Å². The van der Waals surface area contributed by atoms with Gasteiger partial charge >= 0.3 is 0 Å². The quantitative estimate of drug-likeness (QED) is 0.207. The predicted octanol–water partition coefficient (Wildman–Crippen LogP) is 8.99. The van der Waals surface area contributed by atoms with E-state index >= 15 is 0 Å². The van der Waals surface area contributed by atoms with Crippen molar-refractivity contribution >= 4 is 11.4 Å². The first-order valence-electron chi connectivity index (χ1n) is 14.0. The Kier molecular flexibility index (Phi) is 7.00. The van der Waals surface area contributed by atoms with Crippen molar-refractivity contribution in [1.29, 1.82) is 0 Å². The van der Waals surface area contributed by atoms with Crippen LogP contribution in [0.5, 0.6) is 0 Å². The van der Waals surface area contributed by atoms with Crippen molar-refractivity contribution in [3.05, 3.63) is 156 Å². The molecule has 2 heteroatoms. The van der Waals surface area contributed by atoms with Gasteiger partial charge in [0, 0.05) is 51.4 Å². The highest BCUT2D eigenvalue weighted by molar-refractivity contribution is 5.76. The van der Waals surface area contributed by atoms with Gasteiger partial charge in [-0.25, -0.2) is 0 Å². The Hall–Kier alpha value is -4.56. The van der Waals surface area contributed by atoms with Crippen LogP contribution in [0, 0.1) is 0 Å². The molecule has 4 aliphatic carbocycles. The van der Waals surface area contributed by atoms with Gasteiger partial charge in [0.15, 0.2) is 0 Å². The monoisotopic (exact) mass is 520 g/mol. The maximum Gasteiger partial charge on any atom is 0.0361 e. The minimum atomic E-state index is 0.123. The molecule has 0 unspecified atom stereocenters. The normalized spacial score (nSPS) is 12.8. The molecule has 2 aromatic rings. The molecule has 0 saturated carbocycles. The standard InChI is InChI=1S/C38H36N2/c1-39(2)31-21-15-29(16-22-31)37(35-25-19-27-11-7-5-9-13-33(27)35)38(30-17-23-32(24-18-30)40(3)4)36-26-20-28-12-8-6-10-14-34(28)36/h5-26,37-38H,1-4H3/t37-,38+. The molecule has 4 aliphatic rings. The summed E-state index contributed by atoms with van der Waals surface area (Å²) in [6, 6.07) is 49.4. The Morgan fingerprint density at radius 3 is 1.12 bits per heavy atom. The number of hydrogen-bond donors (Lipinski definition) is 0. The summed E-state index contributed by atoms with van der Waals surface area (Å²) >= 11 is 0. The summed E-state index contributed by atoms with van der Waals surface area (Å²) in [6.45, 7) is 0. The van der Waals surface area contributed by atoms with Gasteiger partial charge in [-0.2, -0.15) is 0 Å². The Morgan fingerprint density at radius 1 is 0.375 bits per heavy atom. The fraction of sp³-hybridized carbons (Fsp3) is 0.158. The van der Waals surface area contributed by atoms with Crippen molar-refractivity contribution < 1.29 is 0 Å². The summed E-state index contributed by atoms with van der Waals surface area (Å²) in [4.78, 5) is 4.33. The molecule has 6 rings (SSSR count). The van der Waals surface area contributed by atoms with Gasteiger partial charge in [-0.1, -0.05) is 109 Å². The van der Waals surface area contributed by atoms with Gasteiger partial charge < -0.3 is 9.80 Å². The van der Waals surface area contributed by atoms with E-state index in [1.807, 2.05) is 0 Å². The summed E-state index contributed by atoms with van der Waals surface area (Å²) in [7, 11) is 8.40. The van der Waals surface area contributed by atoms with Crippen LogP contribution in [0.25, 0.3) is 22.3 Å². The first kappa shape index (κ1) is 25.7. The van der Waals surface area contributed by atoms with Gasteiger partial charge in [0.25, 0.3) is 0 Å². The lowest BCUT2D eigenvalue weighted by Crippen LogP contribution is -2.16. The SMILES string of the molecule is CN(C)c1ccc([C@H](c2ccc3cccccc2-3)[C@@H](c2ccc(N(C)C)cc2)c2ccc3cccccc2-3)cc1. The summed E-state index contributed by atoms with van der Waals surface area (Å²) in [5.74, 6) is 0.245. The van der Waals surface area contributed by atoms with Crippen LogP contribution >= 0.6 is 0 Å². The van der Waals surface area contributed by atoms with Crippen LogP contribution in [0.2, 0.25) is 0 Å². The summed E-state index contributed by atoms with van der Waals surface area (Å²) < 4.78 is 0. The average molecular weight is 521 g/mol. The van der Waals surface area contributed by atoms with E-state index in [-0.39, 0.29) is 11.8 Å². The minimum Gasteiger partial charge on any atom is -0.378 e. The second-order valence-electron chi connectivity index (χ2n) is 11.1. The molecule has 0 fully saturated rings. The van der Waals surface area contributed by atoms with Crippen LogP contribution in [-0.4, -0.2) is 28.2 Å². The predicted molar refractivity (Wildman–Crippen MR) is 171 cm³/mol. The number of benzene rings is 2. The van der Waals surface area contributed by atoms with Crippen molar-refractivity contribution in [3.8, 4) is 22.3 Å². The molecule has 0 amide bonds. The van der Waals surface area contributed by atoms with Crippen LogP contribution < -0.4 is 9.80 Å². The van der Waals surface area contributed by atoms with E-state index in [0.717, 1.165) is 0 Å². The van der Waals surface area contributed by atoms with Crippen molar-refractivity contribution in [3.63, 3.8) is 0 Å². The van der Waals surface area contributed by atoms with Crippen LogP contribution in [0.1, 0.15) is 34.1 Å². The maximum atomic E-state index is 2.35. The molecule has 0 heterocycles. The van der Waals surface area contributed by atoms with Crippen molar-refractivity contribution in [2.24, 2.45) is 0 Å². The lowest BCUT2D eigenvalue weighted by Gasteiger charge is -2.31. The molecule has 0 bridgehead atoms. The first-order chi connectivity index (χ1) is 19.5. The number of rotatable bonds is 7. The molecule has 0 radical (unpaired) electrons. The van der Waals surface area contributed by atoms with Crippen molar-refractivity contribution in [2.45, 2.75) is 11.8 Å². The van der Waals surface area contributed by atoms with Crippen LogP contribution in [0.3, 0.4) is 0 Å². The third kappa shape index (κ3) is 4.82. The van der Waals surface area contributed by atoms with E-state index in [2.05, 4.69) is 171 Å². The van der Waals surface area contributed by atoms with Gasteiger partial charge in [0.05, 0.1) is 0 Å². The minimum absolute atomic E-state index is 0.123. The number of anilines is 2. The molecule has 198 valence electrons. The molecule has 0 aliphatic heterocycles. The number of fused-ring (bicyclic) bond motifs is 2. The van der Waals surface area contributed by atoms with E-state index in [0.29, 0.717) is 0 Å². The highest BCUT2D eigenvalue weighted by atomic mass is 15.1. The molecular weight excluding hydrogens is 484 g/mol. The Balaban J connectivity index is 1.62. The second kappa shape index (κ2) is 10.9. The van der Waals surface area contributed by atoms with E-state index in [1.54, 1.807) is 0 Å². The first-order valence-corrected chi connectivity index (χ1v) is 14.0. The van der Waals surface area contributed by atoms with Gasteiger partial charge in [-0.3, -0.25) is 0 Å². The topological polar surface area (TPSA) is 6.48 Å². The molecule has 2 nitrogen and oxygen atoms in total. The fourth-order valence-electron chi connectivity index (χ4n) is 6.08. The Bertz CT molecular complexity index is 1520. The highest BCUT2D eigenvalue weighted by Crippen LogP contribution is 2.50. The van der Waals surface area contributed by atoms with Crippen LogP contribution in [-0.2, 0) is 0 Å². The maximum absolute atomic E-state index is 2.35. The van der Waals surface area contributed by atoms with E-state index in [9.17, 15) is 0 Å². The summed E-state index contributed by atoms with van der Waals surface area (Å²) in [5, 5.41) is 0. The summed E-state index contributed by atoms with van der Waals surface area (Å²) in [5.41, 5.74) is 12.9. The Morgan fingerprint density at radius 2 is 0.750 bits per heavy atom. The Labute approximate surface area is 238 Å². The van der Waals surface area contributed by atoms with Gasteiger partial charge in [0.1, 0.15) is 0 Å². The zero-order valence-corrected chi connectivity index (χ0v) is 23.8. The highest BCUT2D eigenvalue weighted by Gasteiger charge is 2.33.